The van der Waals surface area contributed by atoms with Crippen molar-refractivity contribution in [3.63, 3.8) is 0 Å². The molecule has 2 rings (SSSR count). The van der Waals surface area contributed by atoms with Gasteiger partial charge >= 0.3 is 6.61 Å². The van der Waals surface area contributed by atoms with Crippen molar-refractivity contribution < 1.29 is 18.3 Å². The first-order valence-electron chi connectivity index (χ1n) is 6.97. The fraction of sp³-hybridized carbons (Fsp3) is 0.312. The predicted octanol–water partition coefficient (Wildman–Crippen LogP) is 2.39. The molecule has 0 saturated carbocycles. The molecule has 0 fully saturated rings. The van der Waals surface area contributed by atoms with E-state index < -0.39 is 12.2 Å². The van der Waals surface area contributed by atoms with Crippen LogP contribution in [0, 0.1) is 25.2 Å². The summed E-state index contributed by atoms with van der Waals surface area (Å²) in [5, 5.41) is 13.3. The van der Waals surface area contributed by atoms with Crippen molar-refractivity contribution in [3.8, 4) is 17.6 Å². The van der Waals surface area contributed by atoms with E-state index in [1.807, 2.05) is 6.07 Å². The summed E-state index contributed by atoms with van der Waals surface area (Å²) >= 11 is 0. The van der Waals surface area contributed by atoms with Gasteiger partial charge in [0.1, 0.15) is 11.6 Å². The van der Waals surface area contributed by atoms with Crippen LogP contribution in [-0.4, -0.2) is 23.5 Å². The molecule has 8 heteroatoms. The van der Waals surface area contributed by atoms with Gasteiger partial charge in [-0.15, -0.1) is 0 Å². The number of aryl methyl sites for hydroxylation is 1. The van der Waals surface area contributed by atoms with E-state index in [0.717, 1.165) is 4.68 Å². The van der Waals surface area contributed by atoms with Gasteiger partial charge in [0.25, 0.3) is 5.56 Å². The molecule has 6 nitrogen and oxygen atoms in total. The molecule has 0 aliphatic heterocycles. The summed E-state index contributed by atoms with van der Waals surface area (Å²) in [5.74, 6) is 0.0135. The lowest BCUT2D eigenvalue weighted by atomic mass is 10.1. The first-order chi connectivity index (χ1) is 11.4. The van der Waals surface area contributed by atoms with Crippen LogP contribution in [0.1, 0.15) is 22.4 Å². The molecule has 126 valence electrons. The van der Waals surface area contributed by atoms with Crippen LogP contribution in [0.25, 0.3) is 0 Å². The minimum atomic E-state index is -2.97. The second-order valence-corrected chi connectivity index (χ2v) is 5.02. The van der Waals surface area contributed by atoms with Crippen LogP contribution in [0.15, 0.2) is 23.0 Å². The number of methoxy groups -OCH3 is 1. The third kappa shape index (κ3) is 3.51. The zero-order chi connectivity index (χ0) is 17.9. The fourth-order valence-electron chi connectivity index (χ4n) is 2.19. The molecule has 0 aliphatic rings. The molecular formula is C16H15F2N3O3. The maximum absolute atomic E-state index is 12.3. The molecule has 0 radical (unpaired) electrons. The van der Waals surface area contributed by atoms with Gasteiger partial charge in [-0.25, -0.2) is 4.68 Å². The second-order valence-electron chi connectivity index (χ2n) is 5.02. The Hall–Kier alpha value is -2.95. The highest BCUT2D eigenvalue weighted by molar-refractivity contribution is 5.43. The Morgan fingerprint density at radius 3 is 2.62 bits per heavy atom. The molecule has 0 spiro atoms. The molecular weight excluding hydrogens is 320 g/mol. The van der Waals surface area contributed by atoms with E-state index in [2.05, 4.69) is 9.84 Å². The largest absolute Gasteiger partial charge is 0.493 e. The molecule has 2 aromatic rings. The lowest BCUT2D eigenvalue weighted by molar-refractivity contribution is -0.0512. The van der Waals surface area contributed by atoms with Crippen LogP contribution in [0.5, 0.6) is 11.5 Å². The highest BCUT2D eigenvalue weighted by atomic mass is 19.3. The maximum atomic E-state index is 12.3. The van der Waals surface area contributed by atoms with E-state index in [1.54, 1.807) is 13.8 Å². The Morgan fingerprint density at radius 2 is 2.04 bits per heavy atom. The third-order valence-electron chi connectivity index (χ3n) is 3.52. The molecule has 0 amide bonds. The van der Waals surface area contributed by atoms with E-state index in [-0.39, 0.29) is 23.6 Å². The maximum Gasteiger partial charge on any atom is 0.387 e. The molecule has 0 saturated heterocycles. The Morgan fingerprint density at radius 1 is 1.33 bits per heavy atom. The minimum absolute atomic E-state index is 0.0344. The Balaban J connectivity index is 2.41. The summed E-state index contributed by atoms with van der Waals surface area (Å²) in [6.45, 7) is 0.463. The quantitative estimate of drug-likeness (QED) is 0.838. The van der Waals surface area contributed by atoms with Crippen molar-refractivity contribution in [2.24, 2.45) is 0 Å². The van der Waals surface area contributed by atoms with Crippen LogP contribution in [-0.2, 0) is 6.54 Å². The van der Waals surface area contributed by atoms with Crippen molar-refractivity contribution in [2.45, 2.75) is 27.0 Å². The van der Waals surface area contributed by atoms with Crippen molar-refractivity contribution in [1.29, 1.82) is 5.26 Å². The normalized spacial score (nSPS) is 10.5. The second kappa shape index (κ2) is 7.08. The lowest BCUT2D eigenvalue weighted by Gasteiger charge is -2.13. The monoisotopic (exact) mass is 335 g/mol. The average molecular weight is 335 g/mol. The summed E-state index contributed by atoms with van der Waals surface area (Å²) in [6, 6.07) is 6.22. The number of alkyl halides is 2. The minimum Gasteiger partial charge on any atom is -0.493 e. The SMILES string of the molecule is COc1cc(Cn2nc(C)c(C)c(C#N)c2=O)ccc1OC(F)F. The van der Waals surface area contributed by atoms with Crippen LogP contribution in [0.3, 0.4) is 0 Å². The Labute approximate surface area is 136 Å². The van der Waals surface area contributed by atoms with Gasteiger partial charge in [0.15, 0.2) is 11.5 Å². The number of hydrogen-bond donors (Lipinski definition) is 0. The van der Waals surface area contributed by atoms with E-state index in [9.17, 15) is 13.6 Å². The number of ether oxygens (including phenoxy) is 2. The number of nitriles is 1. The molecule has 0 unspecified atom stereocenters. The summed E-state index contributed by atoms with van der Waals surface area (Å²) in [4.78, 5) is 12.3. The first-order valence-corrected chi connectivity index (χ1v) is 6.97. The van der Waals surface area contributed by atoms with E-state index in [4.69, 9.17) is 10.00 Å². The standard InChI is InChI=1S/C16H15F2N3O3/c1-9-10(2)20-21(15(22)12(9)7-19)8-11-4-5-13(24-16(17)18)14(6-11)23-3/h4-6,16H,8H2,1-3H3. The fourth-order valence-corrected chi connectivity index (χ4v) is 2.19. The average Bonchev–Trinajstić information content (AvgIpc) is 2.54. The number of hydrogen-bond acceptors (Lipinski definition) is 5. The molecule has 24 heavy (non-hydrogen) atoms. The zero-order valence-corrected chi connectivity index (χ0v) is 13.3. The molecule has 0 N–H and O–H groups in total. The molecule has 0 aliphatic carbocycles. The highest BCUT2D eigenvalue weighted by Gasteiger charge is 2.14. The smallest absolute Gasteiger partial charge is 0.387 e. The number of halogens is 2. The summed E-state index contributed by atoms with van der Waals surface area (Å²) in [6.07, 6.45) is 0. The molecule has 0 bridgehead atoms. The molecule has 0 atom stereocenters. The molecule has 1 aromatic heterocycles. The first kappa shape index (κ1) is 17.4. The van der Waals surface area contributed by atoms with Crippen LogP contribution < -0.4 is 15.0 Å². The lowest BCUT2D eigenvalue weighted by Crippen LogP contribution is -2.28. The van der Waals surface area contributed by atoms with E-state index in [0.29, 0.717) is 16.8 Å². The summed E-state index contributed by atoms with van der Waals surface area (Å²) in [7, 11) is 1.33. The Bertz CT molecular complexity index is 857. The van der Waals surface area contributed by atoms with Gasteiger partial charge in [-0.1, -0.05) is 6.07 Å². The predicted molar refractivity (Wildman–Crippen MR) is 81.4 cm³/mol. The zero-order valence-electron chi connectivity index (χ0n) is 13.3. The van der Waals surface area contributed by atoms with Gasteiger partial charge in [0, 0.05) is 0 Å². The third-order valence-corrected chi connectivity index (χ3v) is 3.52. The molecule has 1 aromatic carbocycles. The Kier molecular flexibility index (Phi) is 5.14. The van der Waals surface area contributed by atoms with Gasteiger partial charge in [-0.05, 0) is 37.1 Å². The van der Waals surface area contributed by atoms with E-state index >= 15 is 0 Å². The number of aromatic nitrogens is 2. The number of benzene rings is 1. The number of nitrogens with zero attached hydrogens (tertiary/aromatic N) is 3. The van der Waals surface area contributed by atoms with Gasteiger partial charge in [0.05, 0.1) is 19.3 Å². The summed E-state index contributed by atoms with van der Waals surface area (Å²) < 4.78 is 35.2. The van der Waals surface area contributed by atoms with Crippen molar-refractivity contribution in [3.05, 3.63) is 50.9 Å². The van der Waals surface area contributed by atoms with Crippen molar-refractivity contribution in [2.75, 3.05) is 7.11 Å². The van der Waals surface area contributed by atoms with Crippen LogP contribution in [0.2, 0.25) is 0 Å². The van der Waals surface area contributed by atoms with Gasteiger partial charge < -0.3 is 9.47 Å². The van der Waals surface area contributed by atoms with E-state index in [1.165, 1.54) is 25.3 Å². The van der Waals surface area contributed by atoms with Crippen molar-refractivity contribution >= 4 is 0 Å². The summed E-state index contributed by atoms with van der Waals surface area (Å²) in [5.41, 5.74) is 1.22. The van der Waals surface area contributed by atoms with Crippen LogP contribution in [0.4, 0.5) is 8.78 Å². The van der Waals surface area contributed by atoms with Crippen LogP contribution >= 0.6 is 0 Å². The highest BCUT2D eigenvalue weighted by Crippen LogP contribution is 2.29. The number of rotatable bonds is 5. The van der Waals surface area contributed by atoms with Gasteiger partial charge in [0.2, 0.25) is 0 Å². The topological polar surface area (TPSA) is 77.1 Å². The molecule has 1 heterocycles. The van der Waals surface area contributed by atoms with Gasteiger partial charge in [-0.2, -0.15) is 19.1 Å². The van der Waals surface area contributed by atoms with Gasteiger partial charge in [-0.3, -0.25) is 4.79 Å². The van der Waals surface area contributed by atoms with Crippen molar-refractivity contribution in [1.82, 2.24) is 9.78 Å².